The van der Waals surface area contributed by atoms with Gasteiger partial charge in [-0.15, -0.1) is 11.3 Å². The number of hydrogen-bond acceptors (Lipinski definition) is 3. The van der Waals surface area contributed by atoms with E-state index in [9.17, 15) is 0 Å². The molecule has 0 saturated carbocycles. The van der Waals surface area contributed by atoms with E-state index in [1.807, 2.05) is 11.3 Å². The van der Waals surface area contributed by atoms with E-state index in [-0.39, 0.29) is 0 Å². The van der Waals surface area contributed by atoms with Crippen molar-refractivity contribution in [1.29, 1.82) is 0 Å². The van der Waals surface area contributed by atoms with Crippen molar-refractivity contribution < 1.29 is 0 Å². The van der Waals surface area contributed by atoms with E-state index in [0.29, 0.717) is 18.0 Å². The molecular formula is C16H24N2S. The number of fused-ring (bicyclic) bond motifs is 1. The summed E-state index contributed by atoms with van der Waals surface area (Å²) in [5.74, 6) is 1.15. The number of allylic oxidation sites excluding steroid dienone is 2. The van der Waals surface area contributed by atoms with Gasteiger partial charge in [-0.05, 0) is 24.8 Å². The molecule has 1 aromatic heterocycles. The third kappa shape index (κ3) is 3.03. The number of hydrogen-bond donors (Lipinski definition) is 2. The summed E-state index contributed by atoms with van der Waals surface area (Å²) in [5, 5.41) is 8.47. The molecule has 0 amide bonds. The Balaban J connectivity index is 2.35. The number of rotatable bonds is 4. The van der Waals surface area contributed by atoms with Gasteiger partial charge in [-0.25, -0.2) is 0 Å². The van der Waals surface area contributed by atoms with Crippen LogP contribution in [0.25, 0.3) is 12.2 Å². The van der Waals surface area contributed by atoms with Crippen LogP contribution < -0.4 is 10.6 Å². The lowest BCUT2D eigenvalue weighted by atomic mass is 10.1. The first-order chi connectivity index (χ1) is 9.02. The van der Waals surface area contributed by atoms with Gasteiger partial charge >= 0.3 is 0 Å². The smallest absolute Gasteiger partial charge is 0.115 e. The normalized spacial score (nSPS) is 18.6. The number of anilines is 2. The minimum atomic E-state index is 0.354. The molecule has 2 nitrogen and oxygen atoms in total. The predicted octanol–water partition coefficient (Wildman–Crippen LogP) is 5.27. The molecular weight excluding hydrogens is 252 g/mol. The standard InChI is InChI=1S/C16H24N2S/c1-6-7-13-12(9-8-10(2)3)14-16(19-13)18-15(17-14)11(4)5/h6-11,15,17-18H,1-5H3/b7-6-,9-8-. The van der Waals surface area contributed by atoms with Crippen LogP contribution in [-0.4, -0.2) is 6.17 Å². The molecule has 0 fully saturated rings. The molecule has 1 aliphatic heterocycles. The van der Waals surface area contributed by atoms with Crippen molar-refractivity contribution in [3.05, 3.63) is 22.6 Å². The topological polar surface area (TPSA) is 24.1 Å². The Morgan fingerprint density at radius 1 is 1.11 bits per heavy atom. The average molecular weight is 276 g/mol. The van der Waals surface area contributed by atoms with Crippen molar-refractivity contribution in [3.8, 4) is 0 Å². The van der Waals surface area contributed by atoms with Gasteiger partial charge in [0.1, 0.15) is 5.00 Å². The molecule has 0 aliphatic carbocycles. The molecule has 0 spiro atoms. The molecule has 1 unspecified atom stereocenters. The summed E-state index contributed by atoms with van der Waals surface area (Å²) >= 11 is 1.83. The first-order valence-corrected chi connectivity index (χ1v) is 7.85. The summed E-state index contributed by atoms with van der Waals surface area (Å²) in [6.45, 7) is 11.0. The van der Waals surface area contributed by atoms with E-state index >= 15 is 0 Å². The van der Waals surface area contributed by atoms with Crippen molar-refractivity contribution in [2.45, 2.75) is 40.8 Å². The lowest BCUT2D eigenvalue weighted by Crippen LogP contribution is -2.28. The number of nitrogens with one attached hydrogen (secondary N) is 2. The van der Waals surface area contributed by atoms with Crippen LogP contribution in [0.2, 0.25) is 0 Å². The molecule has 1 atom stereocenters. The van der Waals surface area contributed by atoms with Gasteiger partial charge in [0, 0.05) is 10.4 Å². The summed E-state index contributed by atoms with van der Waals surface area (Å²) in [7, 11) is 0. The summed E-state index contributed by atoms with van der Waals surface area (Å²) < 4.78 is 0. The molecule has 2 rings (SSSR count). The Bertz CT molecular complexity index is 495. The molecule has 0 saturated heterocycles. The average Bonchev–Trinajstić information content (AvgIpc) is 2.84. The lowest BCUT2D eigenvalue weighted by Gasteiger charge is -2.17. The van der Waals surface area contributed by atoms with Crippen molar-refractivity contribution in [2.75, 3.05) is 10.6 Å². The number of thiophene rings is 1. The van der Waals surface area contributed by atoms with Crippen LogP contribution in [-0.2, 0) is 0 Å². The van der Waals surface area contributed by atoms with Gasteiger partial charge in [0.25, 0.3) is 0 Å². The van der Waals surface area contributed by atoms with Gasteiger partial charge in [-0.1, -0.05) is 45.9 Å². The summed E-state index contributed by atoms with van der Waals surface area (Å²) in [6.07, 6.45) is 9.17. The summed E-state index contributed by atoms with van der Waals surface area (Å²) in [5.41, 5.74) is 2.59. The SMILES string of the molecule is C/C=C\c1sc2c(c1/C=C\C(C)C)NC(C(C)C)N2. The van der Waals surface area contributed by atoms with E-state index < -0.39 is 0 Å². The first kappa shape index (κ1) is 14.2. The van der Waals surface area contributed by atoms with Crippen LogP contribution in [0.4, 0.5) is 10.7 Å². The molecule has 2 heterocycles. The maximum atomic E-state index is 3.62. The van der Waals surface area contributed by atoms with Crippen molar-refractivity contribution >= 4 is 34.2 Å². The van der Waals surface area contributed by atoms with Gasteiger partial charge in [-0.3, -0.25) is 0 Å². The van der Waals surface area contributed by atoms with Crippen LogP contribution in [0.15, 0.2) is 12.2 Å². The molecule has 19 heavy (non-hydrogen) atoms. The predicted molar refractivity (Wildman–Crippen MR) is 88.8 cm³/mol. The molecule has 1 aromatic rings. The summed E-state index contributed by atoms with van der Waals surface area (Å²) in [4.78, 5) is 1.33. The van der Waals surface area contributed by atoms with Crippen LogP contribution in [0.3, 0.4) is 0 Å². The van der Waals surface area contributed by atoms with E-state index in [1.54, 1.807) is 0 Å². The second kappa shape index (κ2) is 5.83. The zero-order chi connectivity index (χ0) is 14.0. The highest BCUT2D eigenvalue weighted by Crippen LogP contribution is 2.44. The Kier molecular flexibility index (Phi) is 4.35. The maximum absolute atomic E-state index is 3.62. The first-order valence-electron chi connectivity index (χ1n) is 7.03. The van der Waals surface area contributed by atoms with Crippen LogP contribution in [0.1, 0.15) is 45.1 Å². The van der Waals surface area contributed by atoms with Gasteiger partial charge in [-0.2, -0.15) is 0 Å². The molecule has 2 N–H and O–H groups in total. The highest BCUT2D eigenvalue weighted by molar-refractivity contribution is 7.18. The van der Waals surface area contributed by atoms with Crippen LogP contribution in [0.5, 0.6) is 0 Å². The zero-order valence-electron chi connectivity index (χ0n) is 12.4. The zero-order valence-corrected chi connectivity index (χ0v) is 13.3. The second-order valence-electron chi connectivity index (χ2n) is 5.70. The lowest BCUT2D eigenvalue weighted by molar-refractivity contribution is 0.581. The van der Waals surface area contributed by atoms with E-state index in [2.05, 4.69) is 69.6 Å². The highest BCUT2D eigenvalue weighted by Gasteiger charge is 2.27. The fourth-order valence-corrected chi connectivity index (χ4v) is 3.26. The molecule has 1 aliphatic rings. The van der Waals surface area contributed by atoms with Crippen molar-refractivity contribution in [1.82, 2.24) is 0 Å². The minimum absolute atomic E-state index is 0.354. The molecule has 0 radical (unpaired) electrons. The third-order valence-electron chi connectivity index (χ3n) is 3.19. The molecule has 0 aromatic carbocycles. The highest BCUT2D eigenvalue weighted by atomic mass is 32.1. The van der Waals surface area contributed by atoms with Crippen molar-refractivity contribution in [2.24, 2.45) is 11.8 Å². The van der Waals surface area contributed by atoms with E-state index in [4.69, 9.17) is 0 Å². The maximum Gasteiger partial charge on any atom is 0.115 e. The molecule has 0 bridgehead atoms. The van der Waals surface area contributed by atoms with Gasteiger partial charge < -0.3 is 10.6 Å². The Morgan fingerprint density at radius 3 is 2.42 bits per heavy atom. The summed E-state index contributed by atoms with van der Waals surface area (Å²) in [6, 6.07) is 0. The Labute approximate surface area is 120 Å². The Hall–Kier alpha value is -1.22. The third-order valence-corrected chi connectivity index (χ3v) is 4.29. The van der Waals surface area contributed by atoms with Crippen molar-refractivity contribution in [3.63, 3.8) is 0 Å². The largest absolute Gasteiger partial charge is 0.362 e. The van der Waals surface area contributed by atoms with E-state index in [0.717, 1.165) is 0 Å². The monoisotopic (exact) mass is 276 g/mol. The van der Waals surface area contributed by atoms with Gasteiger partial charge in [0.2, 0.25) is 0 Å². The van der Waals surface area contributed by atoms with Crippen LogP contribution >= 0.6 is 11.3 Å². The fourth-order valence-electron chi connectivity index (χ4n) is 2.10. The van der Waals surface area contributed by atoms with Gasteiger partial charge in [0.05, 0.1) is 11.9 Å². The molecule has 104 valence electrons. The van der Waals surface area contributed by atoms with E-state index in [1.165, 1.54) is 21.1 Å². The quantitative estimate of drug-likeness (QED) is 0.782. The fraction of sp³-hybridized carbons (Fsp3) is 0.500. The Morgan fingerprint density at radius 2 is 1.84 bits per heavy atom. The minimum Gasteiger partial charge on any atom is -0.362 e. The second-order valence-corrected chi connectivity index (χ2v) is 6.75. The van der Waals surface area contributed by atoms with Crippen LogP contribution in [0, 0.1) is 11.8 Å². The molecule has 3 heteroatoms. The van der Waals surface area contributed by atoms with Gasteiger partial charge in [0.15, 0.2) is 0 Å².